The highest BCUT2D eigenvalue weighted by Crippen LogP contribution is 2.31. The van der Waals surface area contributed by atoms with E-state index < -0.39 is 8.07 Å². The van der Waals surface area contributed by atoms with Crippen LogP contribution in [0.25, 0.3) is 0 Å². The zero-order valence-corrected chi connectivity index (χ0v) is 15.5. The van der Waals surface area contributed by atoms with Gasteiger partial charge in [0.25, 0.3) is 0 Å². The average Bonchev–Trinajstić information content (AvgIpc) is 2.26. The van der Waals surface area contributed by atoms with E-state index in [0.717, 1.165) is 13.1 Å². The summed E-state index contributed by atoms with van der Waals surface area (Å²) in [6, 6.07) is 10.0. The van der Waals surface area contributed by atoms with E-state index in [4.69, 9.17) is 0 Å². The fourth-order valence-corrected chi connectivity index (χ4v) is 4.83. The maximum Gasteiger partial charge on any atom is 0.0449 e. The van der Waals surface area contributed by atoms with E-state index in [1.54, 1.807) is 0 Å². The predicted molar refractivity (Wildman–Crippen MR) is 92.7 cm³/mol. The predicted octanol–water partition coefficient (Wildman–Crippen LogP) is 5.12. The standard InChI is InChI=1S/C16H28BrNSi/c1-13(2)10-18-11-14(12-19(3,4)5)15-8-6-7-9-16(15)17/h6-9,13-14,18H,10-12H2,1-5H3. The molecule has 0 aliphatic rings. The Morgan fingerprint density at radius 2 is 1.74 bits per heavy atom. The molecule has 0 radical (unpaired) electrons. The highest BCUT2D eigenvalue weighted by Gasteiger charge is 2.22. The molecule has 108 valence electrons. The molecule has 19 heavy (non-hydrogen) atoms. The summed E-state index contributed by atoms with van der Waals surface area (Å²) in [6.07, 6.45) is 0. The lowest BCUT2D eigenvalue weighted by Crippen LogP contribution is -2.31. The van der Waals surface area contributed by atoms with Crippen LogP contribution in [-0.2, 0) is 0 Å². The van der Waals surface area contributed by atoms with Crippen molar-refractivity contribution >= 4 is 24.0 Å². The van der Waals surface area contributed by atoms with Gasteiger partial charge in [-0.25, -0.2) is 0 Å². The van der Waals surface area contributed by atoms with Gasteiger partial charge in [-0.3, -0.25) is 0 Å². The van der Waals surface area contributed by atoms with Crippen LogP contribution < -0.4 is 5.32 Å². The van der Waals surface area contributed by atoms with Crippen molar-refractivity contribution in [2.45, 2.75) is 45.5 Å². The second-order valence-corrected chi connectivity index (χ2v) is 13.4. The summed E-state index contributed by atoms with van der Waals surface area (Å²) < 4.78 is 1.25. The number of nitrogens with one attached hydrogen (secondary N) is 1. The minimum absolute atomic E-state index is 0.626. The molecule has 0 aliphatic carbocycles. The monoisotopic (exact) mass is 341 g/mol. The number of benzene rings is 1. The molecule has 1 N–H and O–H groups in total. The van der Waals surface area contributed by atoms with Gasteiger partial charge in [0.1, 0.15) is 0 Å². The summed E-state index contributed by atoms with van der Waals surface area (Å²) in [5.41, 5.74) is 1.46. The van der Waals surface area contributed by atoms with Crippen molar-refractivity contribution in [3.05, 3.63) is 34.3 Å². The summed E-state index contributed by atoms with van der Waals surface area (Å²) in [6.45, 7) is 14.1. The molecular weight excluding hydrogens is 314 g/mol. The van der Waals surface area contributed by atoms with E-state index in [1.165, 1.54) is 16.1 Å². The van der Waals surface area contributed by atoms with Crippen LogP contribution in [0.4, 0.5) is 0 Å². The molecule has 1 atom stereocenters. The van der Waals surface area contributed by atoms with Crippen LogP contribution in [-0.4, -0.2) is 21.2 Å². The summed E-state index contributed by atoms with van der Waals surface area (Å²) in [5, 5.41) is 3.63. The van der Waals surface area contributed by atoms with E-state index in [0.29, 0.717) is 11.8 Å². The van der Waals surface area contributed by atoms with E-state index >= 15 is 0 Å². The Morgan fingerprint density at radius 3 is 2.26 bits per heavy atom. The van der Waals surface area contributed by atoms with Crippen molar-refractivity contribution < 1.29 is 0 Å². The zero-order chi connectivity index (χ0) is 14.5. The molecule has 0 fully saturated rings. The van der Waals surface area contributed by atoms with Gasteiger partial charge in [0, 0.05) is 19.1 Å². The van der Waals surface area contributed by atoms with Crippen LogP contribution >= 0.6 is 15.9 Å². The third kappa shape index (κ3) is 6.73. The fraction of sp³-hybridized carbons (Fsp3) is 0.625. The first kappa shape index (κ1) is 16.9. The normalized spacial score (nSPS) is 13.8. The Labute approximate surface area is 128 Å². The Morgan fingerprint density at radius 1 is 1.11 bits per heavy atom. The first-order valence-electron chi connectivity index (χ1n) is 7.25. The largest absolute Gasteiger partial charge is 0.316 e. The lowest BCUT2D eigenvalue weighted by atomic mass is 10.0. The number of hydrogen-bond acceptors (Lipinski definition) is 1. The summed E-state index contributed by atoms with van der Waals surface area (Å²) >= 11 is 3.71. The first-order valence-corrected chi connectivity index (χ1v) is 11.7. The zero-order valence-electron chi connectivity index (χ0n) is 13.0. The Hall–Kier alpha value is -0.123. The fourth-order valence-electron chi connectivity index (χ4n) is 2.38. The second-order valence-electron chi connectivity index (χ2n) is 7.04. The number of halogens is 1. The Balaban J connectivity index is 2.77. The summed E-state index contributed by atoms with van der Waals surface area (Å²) in [7, 11) is -1.06. The van der Waals surface area contributed by atoms with Crippen LogP contribution in [0.15, 0.2) is 28.7 Å². The smallest absolute Gasteiger partial charge is 0.0449 e. The van der Waals surface area contributed by atoms with Crippen LogP contribution in [0.1, 0.15) is 25.3 Å². The molecule has 0 saturated carbocycles. The quantitative estimate of drug-likeness (QED) is 0.679. The molecule has 0 saturated heterocycles. The van der Waals surface area contributed by atoms with E-state index in [-0.39, 0.29) is 0 Å². The highest BCUT2D eigenvalue weighted by atomic mass is 79.9. The third-order valence-corrected chi connectivity index (χ3v) is 5.59. The number of hydrogen-bond donors (Lipinski definition) is 1. The van der Waals surface area contributed by atoms with E-state index in [9.17, 15) is 0 Å². The highest BCUT2D eigenvalue weighted by molar-refractivity contribution is 9.10. The van der Waals surface area contributed by atoms with Crippen molar-refractivity contribution in [2.24, 2.45) is 5.92 Å². The van der Waals surface area contributed by atoms with Crippen LogP contribution in [0.5, 0.6) is 0 Å². The Kier molecular flexibility index (Phi) is 6.78. The lowest BCUT2D eigenvalue weighted by Gasteiger charge is -2.26. The first-order chi connectivity index (χ1) is 8.79. The molecule has 1 rings (SSSR count). The second kappa shape index (κ2) is 7.60. The van der Waals surface area contributed by atoms with E-state index in [2.05, 4.69) is 79.0 Å². The van der Waals surface area contributed by atoms with Crippen molar-refractivity contribution in [2.75, 3.05) is 13.1 Å². The van der Waals surface area contributed by atoms with Crippen molar-refractivity contribution in [3.63, 3.8) is 0 Å². The lowest BCUT2D eigenvalue weighted by molar-refractivity contribution is 0.526. The van der Waals surface area contributed by atoms with Crippen molar-refractivity contribution in [1.82, 2.24) is 5.32 Å². The minimum Gasteiger partial charge on any atom is -0.316 e. The van der Waals surface area contributed by atoms with Gasteiger partial charge in [-0.1, -0.05) is 67.6 Å². The molecule has 1 aromatic carbocycles. The molecule has 1 nitrogen and oxygen atoms in total. The Bertz CT molecular complexity index is 385. The molecule has 0 spiro atoms. The van der Waals surface area contributed by atoms with Gasteiger partial charge in [0.2, 0.25) is 0 Å². The van der Waals surface area contributed by atoms with Gasteiger partial charge in [-0.2, -0.15) is 0 Å². The van der Waals surface area contributed by atoms with Gasteiger partial charge >= 0.3 is 0 Å². The molecule has 0 heterocycles. The molecule has 3 heteroatoms. The van der Waals surface area contributed by atoms with Gasteiger partial charge in [-0.15, -0.1) is 0 Å². The van der Waals surface area contributed by atoms with Gasteiger partial charge in [0.05, 0.1) is 0 Å². The van der Waals surface area contributed by atoms with Gasteiger partial charge in [0.15, 0.2) is 0 Å². The summed E-state index contributed by atoms with van der Waals surface area (Å²) in [5.74, 6) is 1.34. The van der Waals surface area contributed by atoms with E-state index in [1.807, 2.05) is 0 Å². The molecule has 0 aromatic heterocycles. The van der Waals surface area contributed by atoms with Crippen LogP contribution in [0.2, 0.25) is 25.7 Å². The molecule has 0 bridgehead atoms. The van der Waals surface area contributed by atoms with Crippen molar-refractivity contribution in [1.29, 1.82) is 0 Å². The topological polar surface area (TPSA) is 12.0 Å². The minimum atomic E-state index is -1.06. The maximum absolute atomic E-state index is 3.71. The van der Waals surface area contributed by atoms with Gasteiger partial charge < -0.3 is 5.32 Å². The summed E-state index contributed by atoms with van der Waals surface area (Å²) in [4.78, 5) is 0. The van der Waals surface area contributed by atoms with Crippen molar-refractivity contribution in [3.8, 4) is 0 Å². The average molecular weight is 342 g/mol. The number of rotatable bonds is 7. The van der Waals surface area contributed by atoms with Crippen LogP contribution in [0.3, 0.4) is 0 Å². The molecule has 0 aliphatic heterocycles. The molecule has 1 unspecified atom stereocenters. The molecule has 1 aromatic rings. The molecule has 0 amide bonds. The maximum atomic E-state index is 3.71. The molecular formula is C16H28BrNSi. The van der Waals surface area contributed by atoms with Gasteiger partial charge in [-0.05, 0) is 36.1 Å². The third-order valence-electron chi connectivity index (χ3n) is 3.15. The van der Waals surface area contributed by atoms with Crippen LogP contribution in [0, 0.1) is 5.92 Å². The SMILES string of the molecule is CC(C)CNCC(C[Si](C)(C)C)c1ccccc1Br.